The monoisotopic (exact) mass is 166 g/mol. The summed E-state index contributed by atoms with van der Waals surface area (Å²) < 4.78 is 22.0. The average Bonchev–Trinajstić information content (AvgIpc) is 1.87. The van der Waals surface area contributed by atoms with Gasteiger partial charge < -0.3 is 15.6 Å². The molecule has 0 heterocycles. The van der Waals surface area contributed by atoms with Crippen molar-refractivity contribution in [1.29, 1.82) is 0 Å². The average molecular weight is 166 g/mol. The van der Waals surface area contributed by atoms with Crippen LogP contribution in [-0.2, 0) is 11.3 Å². The zero-order valence-corrected chi connectivity index (χ0v) is 6.45. The fourth-order valence-electron chi connectivity index (χ4n) is 0.450. The molecule has 0 aromatic rings. The van der Waals surface area contributed by atoms with E-state index < -0.39 is 11.3 Å². The summed E-state index contributed by atoms with van der Waals surface area (Å²) in [4.78, 5) is 0. The van der Waals surface area contributed by atoms with Crippen LogP contribution in [0.5, 0.6) is 0 Å². The first-order chi connectivity index (χ1) is 4.77. The van der Waals surface area contributed by atoms with Crippen molar-refractivity contribution >= 4 is 11.3 Å². The van der Waals surface area contributed by atoms with E-state index in [4.69, 9.17) is 5.73 Å². The van der Waals surface area contributed by atoms with Crippen molar-refractivity contribution in [3.05, 3.63) is 0 Å². The van der Waals surface area contributed by atoms with Crippen LogP contribution in [0.15, 0.2) is 0 Å². The van der Waals surface area contributed by atoms with E-state index in [2.05, 4.69) is 10.0 Å². The van der Waals surface area contributed by atoms with Crippen LogP contribution in [-0.4, -0.2) is 34.9 Å². The summed E-state index contributed by atoms with van der Waals surface area (Å²) in [5.41, 5.74) is 5.17. The molecule has 1 unspecified atom stereocenters. The van der Waals surface area contributed by atoms with Crippen molar-refractivity contribution in [2.75, 3.05) is 26.2 Å². The molecule has 0 saturated heterocycles. The SMILES string of the molecule is NCCNCCNS(=O)[O-]. The van der Waals surface area contributed by atoms with Gasteiger partial charge in [0.2, 0.25) is 0 Å². The number of rotatable bonds is 6. The number of nitrogens with one attached hydrogen (secondary N) is 2. The molecule has 62 valence electrons. The lowest BCUT2D eigenvalue weighted by Crippen LogP contribution is -2.31. The highest BCUT2D eigenvalue weighted by Crippen LogP contribution is 1.61. The molecule has 0 aromatic heterocycles. The topological polar surface area (TPSA) is 90.2 Å². The second-order valence-electron chi connectivity index (χ2n) is 1.67. The molecule has 0 aliphatic carbocycles. The van der Waals surface area contributed by atoms with Crippen molar-refractivity contribution in [3.63, 3.8) is 0 Å². The van der Waals surface area contributed by atoms with Crippen LogP contribution in [0.2, 0.25) is 0 Å². The molecule has 0 aliphatic rings. The Morgan fingerprint density at radius 1 is 1.40 bits per heavy atom. The van der Waals surface area contributed by atoms with Crippen LogP contribution >= 0.6 is 0 Å². The molecular weight excluding hydrogens is 154 g/mol. The van der Waals surface area contributed by atoms with Crippen LogP contribution < -0.4 is 15.8 Å². The molecule has 0 spiro atoms. The Hall–Kier alpha value is -0.0100. The lowest BCUT2D eigenvalue weighted by atomic mass is 10.6. The van der Waals surface area contributed by atoms with E-state index >= 15 is 0 Å². The molecule has 0 radical (unpaired) electrons. The summed E-state index contributed by atoms with van der Waals surface area (Å²) in [6, 6.07) is 0. The molecular formula is C4H12N3O2S-. The number of hydrogen-bond donors (Lipinski definition) is 3. The Labute approximate surface area is 62.8 Å². The molecule has 0 fully saturated rings. The Balaban J connectivity index is 2.84. The van der Waals surface area contributed by atoms with E-state index in [0.717, 1.165) is 0 Å². The summed E-state index contributed by atoms with van der Waals surface area (Å²) in [7, 11) is 0. The van der Waals surface area contributed by atoms with Crippen molar-refractivity contribution in [2.24, 2.45) is 5.73 Å². The van der Waals surface area contributed by atoms with E-state index in [1.165, 1.54) is 0 Å². The maximum Gasteiger partial charge on any atom is 0.0197 e. The summed E-state index contributed by atoms with van der Waals surface area (Å²) in [6.07, 6.45) is 0. The van der Waals surface area contributed by atoms with Gasteiger partial charge in [0.15, 0.2) is 0 Å². The minimum Gasteiger partial charge on any atom is -0.760 e. The first-order valence-corrected chi connectivity index (χ1v) is 4.08. The standard InChI is InChI=1S/C4H13N3O2S/c5-1-2-6-3-4-7-10(8)9/h6-7H,1-5H2,(H,8,9)/p-1. The molecule has 0 bridgehead atoms. The highest BCUT2D eigenvalue weighted by Gasteiger charge is 1.83. The molecule has 0 saturated carbocycles. The quantitative estimate of drug-likeness (QED) is 0.312. The molecule has 0 aromatic carbocycles. The lowest BCUT2D eigenvalue weighted by Gasteiger charge is -2.06. The summed E-state index contributed by atoms with van der Waals surface area (Å²) in [5, 5.41) is 2.93. The molecule has 0 aliphatic heterocycles. The van der Waals surface area contributed by atoms with E-state index in [1.807, 2.05) is 0 Å². The van der Waals surface area contributed by atoms with Gasteiger partial charge in [0.1, 0.15) is 0 Å². The Bertz CT molecular complexity index is 101. The van der Waals surface area contributed by atoms with Crippen molar-refractivity contribution in [2.45, 2.75) is 0 Å². The van der Waals surface area contributed by atoms with Crippen molar-refractivity contribution < 1.29 is 8.76 Å². The first-order valence-electron chi connectivity index (χ1n) is 3.01. The highest BCUT2D eigenvalue weighted by molar-refractivity contribution is 7.77. The van der Waals surface area contributed by atoms with Gasteiger partial charge in [-0.25, -0.2) is 4.72 Å². The highest BCUT2D eigenvalue weighted by atomic mass is 32.2. The fraction of sp³-hybridized carbons (Fsp3) is 1.00. The minimum atomic E-state index is -2.14. The second kappa shape index (κ2) is 7.10. The van der Waals surface area contributed by atoms with Crippen LogP contribution in [0.3, 0.4) is 0 Å². The van der Waals surface area contributed by atoms with Crippen molar-refractivity contribution in [3.8, 4) is 0 Å². The van der Waals surface area contributed by atoms with E-state index in [1.54, 1.807) is 0 Å². The predicted molar refractivity (Wildman–Crippen MR) is 38.8 cm³/mol. The predicted octanol–water partition coefficient (Wildman–Crippen LogP) is -2.08. The van der Waals surface area contributed by atoms with Gasteiger partial charge in [0, 0.05) is 37.4 Å². The van der Waals surface area contributed by atoms with Crippen LogP contribution in [0.1, 0.15) is 0 Å². The third-order valence-electron chi connectivity index (χ3n) is 0.843. The van der Waals surface area contributed by atoms with Crippen LogP contribution in [0.25, 0.3) is 0 Å². The van der Waals surface area contributed by atoms with Gasteiger partial charge in [0.05, 0.1) is 0 Å². The zero-order valence-electron chi connectivity index (χ0n) is 5.63. The molecule has 5 nitrogen and oxygen atoms in total. The summed E-state index contributed by atoms with van der Waals surface area (Å²) >= 11 is -2.14. The van der Waals surface area contributed by atoms with Gasteiger partial charge in [-0.15, -0.1) is 0 Å². The van der Waals surface area contributed by atoms with Gasteiger partial charge in [-0.05, 0) is 0 Å². The summed E-state index contributed by atoms with van der Waals surface area (Å²) in [6.45, 7) is 2.31. The lowest BCUT2D eigenvalue weighted by molar-refractivity contribution is 0.520. The van der Waals surface area contributed by atoms with Gasteiger partial charge in [-0.2, -0.15) is 0 Å². The van der Waals surface area contributed by atoms with Gasteiger partial charge >= 0.3 is 0 Å². The Morgan fingerprint density at radius 3 is 2.60 bits per heavy atom. The molecule has 10 heavy (non-hydrogen) atoms. The number of hydrogen-bond acceptors (Lipinski definition) is 4. The molecule has 6 heteroatoms. The normalized spacial score (nSPS) is 13.4. The van der Waals surface area contributed by atoms with Crippen LogP contribution in [0, 0.1) is 0 Å². The smallest absolute Gasteiger partial charge is 0.0197 e. The van der Waals surface area contributed by atoms with Crippen molar-refractivity contribution in [1.82, 2.24) is 10.0 Å². The van der Waals surface area contributed by atoms with Gasteiger partial charge in [-0.1, -0.05) is 0 Å². The minimum absolute atomic E-state index is 0.413. The first kappa shape index (κ1) is 9.99. The Kier molecular flexibility index (Phi) is 7.09. The third-order valence-corrected chi connectivity index (χ3v) is 1.28. The van der Waals surface area contributed by atoms with E-state index in [9.17, 15) is 8.76 Å². The molecule has 4 N–H and O–H groups in total. The maximum absolute atomic E-state index is 9.87. The van der Waals surface area contributed by atoms with Gasteiger partial charge in [0.25, 0.3) is 0 Å². The molecule has 0 amide bonds. The molecule has 0 rings (SSSR count). The van der Waals surface area contributed by atoms with E-state index in [-0.39, 0.29) is 0 Å². The third kappa shape index (κ3) is 7.99. The van der Waals surface area contributed by atoms with Crippen LogP contribution in [0.4, 0.5) is 0 Å². The zero-order chi connectivity index (χ0) is 7.82. The van der Waals surface area contributed by atoms with Gasteiger partial charge in [-0.3, -0.25) is 4.21 Å². The molecule has 1 atom stereocenters. The Morgan fingerprint density at radius 2 is 2.10 bits per heavy atom. The maximum atomic E-state index is 9.87. The van der Waals surface area contributed by atoms with E-state index in [0.29, 0.717) is 26.2 Å². The fourth-order valence-corrected chi connectivity index (χ4v) is 0.719. The summed E-state index contributed by atoms with van der Waals surface area (Å²) in [5.74, 6) is 0. The largest absolute Gasteiger partial charge is 0.760 e. The second-order valence-corrected chi connectivity index (χ2v) is 2.43. The number of nitrogens with two attached hydrogens (primary N) is 1.